The van der Waals surface area contributed by atoms with Crippen molar-refractivity contribution in [3.05, 3.63) is 0 Å². The van der Waals surface area contributed by atoms with Gasteiger partial charge in [0.05, 0.1) is 26.7 Å². The Morgan fingerprint density at radius 3 is 2.19 bits per heavy atom. The van der Waals surface area contributed by atoms with E-state index in [-0.39, 0.29) is 24.7 Å². The van der Waals surface area contributed by atoms with E-state index in [1.807, 2.05) is 7.05 Å². The van der Waals surface area contributed by atoms with Crippen molar-refractivity contribution in [2.75, 3.05) is 32.4 Å². The van der Waals surface area contributed by atoms with Gasteiger partial charge >= 0.3 is 15.2 Å². The molecule has 7 nitrogen and oxygen atoms in total. The van der Waals surface area contributed by atoms with Crippen molar-refractivity contribution in [3.63, 3.8) is 0 Å². The van der Waals surface area contributed by atoms with E-state index in [4.69, 9.17) is 0 Å². The summed E-state index contributed by atoms with van der Waals surface area (Å²) < 4.78 is 23.4. The smallest absolute Gasteiger partial charge is 0.340 e. The molecule has 0 aliphatic carbocycles. The van der Waals surface area contributed by atoms with Crippen LogP contribution in [0.4, 0.5) is 0 Å². The highest BCUT2D eigenvalue weighted by Gasteiger charge is 2.46. The predicted octanol–water partition coefficient (Wildman–Crippen LogP) is -2.15. The number of rotatable bonds is 6. The van der Waals surface area contributed by atoms with Crippen LogP contribution >= 0.6 is 27.8 Å². The summed E-state index contributed by atoms with van der Waals surface area (Å²) >= 11 is 4.21. The van der Waals surface area contributed by atoms with Crippen LogP contribution in [0.15, 0.2) is 0 Å². The molecular weight excluding hydrogens is 360 g/mol. The summed E-state index contributed by atoms with van der Waals surface area (Å²) in [5.41, 5.74) is 0. The molecule has 2 atom stereocenters. The van der Waals surface area contributed by atoms with Crippen molar-refractivity contribution >= 4 is 27.8 Å². The van der Waals surface area contributed by atoms with Gasteiger partial charge in [0.2, 0.25) is 0 Å². The Hall–Kier alpha value is 0.900. The molecule has 1 heterocycles. The SMILES string of the molecule is C[N+]1(CCS)CCCC(CC(P(=O)(O)O)P(=O)(O)O)C1.[Cl-]. The Labute approximate surface area is 136 Å². The fourth-order valence-electron chi connectivity index (χ4n) is 2.97. The molecule has 0 spiro atoms. The van der Waals surface area contributed by atoms with Crippen molar-refractivity contribution in [2.45, 2.75) is 24.7 Å². The summed E-state index contributed by atoms with van der Waals surface area (Å²) in [7, 11) is -7.56. The fourth-order valence-corrected chi connectivity index (χ4v) is 6.17. The van der Waals surface area contributed by atoms with Crippen LogP contribution in [0, 0.1) is 5.92 Å². The normalized spacial score (nSPS) is 27.5. The summed E-state index contributed by atoms with van der Waals surface area (Å²) in [5, 5.41) is -1.87. The minimum absolute atomic E-state index is 0. The maximum Gasteiger partial charge on any atom is 0.340 e. The minimum Gasteiger partial charge on any atom is -1.00 e. The van der Waals surface area contributed by atoms with Crippen LogP contribution in [-0.2, 0) is 9.13 Å². The maximum absolute atomic E-state index is 11.3. The second-order valence-corrected chi connectivity index (χ2v) is 10.3. The van der Waals surface area contributed by atoms with Crippen molar-refractivity contribution in [3.8, 4) is 0 Å². The van der Waals surface area contributed by atoms with Crippen LogP contribution in [0.2, 0.25) is 0 Å². The fraction of sp³-hybridized carbons (Fsp3) is 1.00. The number of likely N-dealkylation sites (tertiary alicyclic amines) is 1. The zero-order valence-corrected chi connectivity index (χ0v) is 15.3. The lowest BCUT2D eigenvalue weighted by molar-refractivity contribution is -0.915. The van der Waals surface area contributed by atoms with Gasteiger partial charge < -0.3 is 36.5 Å². The van der Waals surface area contributed by atoms with Gasteiger partial charge in [-0.1, -0.05) is 0 Å². The number of halogens is 1. The first kappa shape index (κ1) is 21.9. The van der Waals surface area contributed by atoms with E-state index in [0.717, 1.165) is 30.4 Å². The summed E-state index contributed by atoms with van der Waals surface area (Å²) in [5.74, 6) is 0.628. The Morgan fingerprint density at radius 1 is 1.24 bits per heavy atom. The molecule has 2 unspecified atom stereocenters. The number of hydrogen-bond donors (Lipinski definition) is 5. The van der Waals surface area contributed by atoms with Gasteiger partial charge in [-0.25, -0.2) is 0 Å². The molecule has 11 heteroatoms. The molecule has 0 aromatic heterocycles. The third kappa shape index (κ3) is 6.90. The van der Waals surface area contributed by atoms with Crippen LogP contribution in [0.3, 0.4) is 0 Å². The van der Waals surface area contributed by atoms with Crippen LogP contribution in [0.5, 0.6) is 0 Å². The maximum atomic E-state index is 11.3. The number of nitrogens with zero attached hydrogens (tertiary/aromatic N) is 1. The first-order valence-electron chi connectivity index (χ1n) is 6.53. The van der Waals surface area contributed by atoms with Crippen molar-refractivity contribution < 1.29 is 45.6 Å². The summed E-state index contributed by atoms with van der Waals surface area (Å²) in [4.78, 5) is 36.7. The summed E-state index contributed by atoms with van der Waals surface area (Å²) in [6, 6.07) is 0. The van der Waals surface area contributed by atoms with Gasteiger partial charge in [0, 0.05) is 11.7 Å². The van der Waals surface area contributed by atoms with Gasteiger partial charge in [0.15, 0.2) is 5.40 Å². The first-order chi connectivity index (χ1) is 8.98. The van der Waals surface area contributed by atoms with Crippen molar-refractivity contribution in [2.24, 2.45) is 5.92 Å². The molecule has 1 aliphatic heterocycles. The van der Waals surface area contributed by atoms with Gasteiger partial charge in [0.25, 0.3) is 0 Å². The van der Waals surface area contributed by atoms with E-state index in [1.165, 1.54) is 0 Å². The van der Waals surface area contributed by atoms with Crippen LogP contribution in [-0.4, -0.2) is 61.9 Å². The van der Waals surface area contributed by atoms with Gasteiger partial charge in [-0.2, -0.15) is 12.6 Å². The number of piperidine rings is 1. The van der Waals surface area contributed by atoms with Gasteiger partial charge in [-0.05, 0) is 19.3 Å². The standard InChI is InChI=1S/C10H23NO6P2S.ClH/c1-11(5-6-20)4-2-3-9(8-11)7-10(18(12,13)14)19(15,16)17;/h9-10H,2-8H2,1H3,(H4-,12,13,14,15,16,17,20);1H. The first-order valence-corrected chi connectivity index (χ1v) is 10.5. The van der Waals surface area contributed by atoms with Crippen LogP contribution in [0.25, 0.3) is 0 Å². The molecule has 0 saturated carbocycles. The Morgan fingerprint density at radius 2 is 1.76 bits per heavy atom. The Kier molecular flexibility index (Phi) is 8.48. The highest BCUT2D eigenvalue weighted by Crippen LogP contribution is 2.62. The largest absolute Gasteiger partial charge is 1.00 e. The Balaban J connectivity index is 0.00000400. The zero-order valence-electron chi connectivity index (χ0n) is 11.9. The van der Waals surface area contributed by atoms with E-state index in [0.29, 0.717) is 12.3 Å². The quantitative estimate of drug-likeness (QED) is 0.203. The van der Waals surface area contributed by atoms with Gasteiger partial charge in [0.1, 0.15) is 0 Å². The van der Waals surface area contributed by atoms with E-state index in [1.54, 1.807) is 0 Å². The molecule has 1 saturated heterocycles. The monoisotopic (exact) mass is 383 g/mol. The summed E-state index contributed by atoms with van der Waals surface area (Å²) in [6.07, 6.45) is 1.51. The highest BCUT2D eigenvalue weighted by atomic mass is 35.5. The second kappa shape index (κ2) is 8.13. The molecule has 21 heavy (non-hydrogen) atoms. The van der Waals surface area contributed by atoms with Gasteiger partial charge in [-0.15, -0.1) is 0 Å². The average Bonchev–Trinajstić information content (AvgIpc) is 2.23. The molecule has 128 valence electrons. The number of quaternary nitrogens is 1. The zero-order chi connectivity index (χ0) is 15.6. The molecule has 1 rings (SSSR count). The lowest BCUT2D eigenvalue weighted by Gasteiger charge is -2.42. The number of hydrogen-bond acceptors (Lipinski definition) is 3. The molecule has 0 bridgehead atoms. The lowest BCUT2D eigenvalue weighted by Crippen LogP contribution is -3.00. The molecule has 0 aromatic rings. The van der Waals surface area contributed by atoms with Crippen LogP contribution < -0.4 is 12.4 Å². The van der Waals surface area contributed by atoms with E-state index < -0.39 is 20.6 Å². The van der Waals surface area contributed by atoms with E-state index in [9.17, 15) is 28.7 Å². The number of thiol groups is 1. The predicted molar refractivity (Wildman–Crippen MR) is 79.9 cm³/mol. The molecule has 1 fully saturated rings. The van der Waals surface area contributed by atoms with E-state index >= 15 is 0 Å². The van der Waals surface area contributed by atoms with E-state index in [2.05, 4.69) is 12.6 Å². The van der Waals surface area contributed by atoms with Crippen LogP contribution in [0.1, 0.15) is 19.3 Å². The third-order valence-electron chi connectivity index (χ3n) is 3.97. The average molecular weight is 384 g/mol. The molecular formula is C10H24ClNO6P2S. The minimum atomic E-state index is -4.81. The molecule has 4 N–H and O–H groups in total. The highest BCUT2D eigenvalue weighted by molar-refractivity contribution is 7.80. The Bertz CT molecular complexity index is 404. The third-order valence-corrected chi connectivity index (χ3v) is 7.95. The second-order valence-electron chi connectivity index (χ2n) is 5.88. The molecule has 0 amide bonds. The topological polar surface area (TPSA) is 115 Å². The van der Waals surface area contributed by atoms with Gasteiger partial charge in [-0.3, -0.25) is 9.13 Å². The lowest BCUT2D eigenvalue weighted by atomic mass is 9.94. The summed E-state index contributed by atoms with van der Waals surface area (Å²) in [6.45, 7) is 2.49. The molecule has 0 aromatic carbocycles. The van der Waals surface area contributed by atoms with Crippen molar-refractivity contribution in [1.82, 2.24) is 0 Å². The van der Waals surface area contributed by atoms with Crippen molar-refractivity contribution in [1.29, 1.82) is 0 Å². The molecule has 1 aliphatic rings. The molecule has 0 radical (unpaired) electrons.